The average Bonchev–Trinajstić information content (AvgIpc) is 2.30. The van der Waals surface area contributed by atoms with Crippen molar-refractivity contribution in [2.24, 2.45) is 0 Å². The standard InChI is InChI=1S/C9H13NO2S/c1-6-7(2)9(12)10(8(6)11)4-3-5-13/h13H,3-5H2,1-2H3. The van der Waals surface area contributed by atoms with Gasteiger partial charge >= 0.3 is 0 Å². The van der Waals surface area contributed by atoms with Crippen molar-refractivity contribution in [1.29, 1.82) is 0 Å². The summed E-state index contributed by atoms with van der Waals surface area (Å²) in [7, 11) is 0. The third-order valence-electron chi connectivity index (χ3n) is 2.23. The number of imide groups is 1. The Hall–Kier alpha value is -0.770. The average molecular weight is 199 g/mol. The molecule has 0 unspecified atom stereocenters. The first-order valence-corrected chi connectivity index (χ1v) is 4.87. The van der Waals surface area contributed by atoms with Gasteiger partial charge in [0.05, 0.1) is 0 Å². The molecule has 0 saturated carbocycles. The van der Waals surface area contributed by atoms with Gasteiger partial charge in [0, 0.05) is 17.7 Å². The van der Waals surface area contributed by atoms with Gasteiger partial charge in [-0.05, 0) is 26.0 Å². The summed E-state index contributed by atoms with van der Waals surface area (Å²) in [5.41, 5.74) is 1.15. The Kier molecular flexibility index (Phi) is 3.14. The molecule has 0 fully saturated rings. The third-order valence-corrected chi connectivity index (χ3v) is 2.55. The van der Waals surface area contributed by atoms with E-state index >= 15 is 0 Å². The van der Waals surface area contributed by atoms with Crippen LogP contribution in [0.2, 0.25) is 0 Å². The fourth-order valence-electron chi connectivity index (χ4n) is 1.25. The lowest BCUT2D eigenvalue weighted by Crippen LogP contribution is -2.32. The van der Waals surface area contributed by atoms with Crippen LogP contribution in [-0.2, 0) is 9.59 Å². The lowest BCUT2D eigenvalue weighted by atomic mass is 10.2. The summed E-state index contributed by atoms with van der Waals surface area (Å²) in [4.78, 5) is 24.2. The minimum Gasteiger partial charge on any atom is -0.275 e. The van der Waals surface area contributed by atoms with Gasteiger partial charge < -0.3 is 0 Å². The quantitative estimate of drug-likeness (QED) is 0.544. The van der Waals surface area contributed by atoms with Crippen LogP contribution in [0.5, 0.6) is 0 Å². The van der Waals surface area contributed by atoms with Gasteiger partial charge in [-0.3, -0.25) is 14.5 Å². The molecule has 1 heterocycles. The van der Waals surface area contributed by atoms with Crippen LogP contribution in [0.15, 0.2) is 11.1 Å². The highest BCUT2D eigenvalue weighted by Gasteiger charge is 2.32. The Morgan fingerprint density at radius 2 is 1.62 bits per heavy atom. The van der Waals surface area contributed by atoms with Crippen molar-refractivity contribution in [1.82, 2.24) is 4.90 Å². The molecule has 1 aliphatic rings. The van der Waals surface area contributed by atoms with Gasteiger partial charge in [-0.15, -0.1) is 0 Å². The van der Waals surface area contributed by atoms with Crippen LogP contribution in [0.25, 0.3) is 0 Å². The first-order chi connectivity index (χ1) is 6.09. The van der Waals surface area contributed by atoms with E-state index in [1.807, 2.05) is 0 Å². The second-order valence-electron chi connectivity index (χ2n) is 3.09. The summed E-state index contributed by atoms with van der Waals surface area (Å²) in [6.45, 7) is 3.86. The van der Waals surface area contributed by atoms with Crippen LogP contribution >= 0.6 is 12.6 Å². The van der Waals surface area contributed by atoms with E-state index in [0.29, 0.717) is 23.4 Å². The largest absolute Gasteiger partial charge is 0.275 e. The van der Waals surface area contributed by atoms with E-state index in [1.165, 1.54) is 4.90 Å². The summed E-state index contributed by atoms with van der Waals surface area (Å²) in [5.74, 6) is 0.392. The Morgan fingerprint density at radius 1 is 1.15 bits per heavy atom. The van der Waals surface area contributed by atoms with E-state index in [9.17, 15) is 9.59 Å². The highest BCUT2D eigenvalue weighted by atomic mass is 32.1. The molecule has 0 aromatic heterocycles. The van der Waals surface area contributed by atoms with Crippen LogP contribution in [0.3, 0.4) is 0 Å². The molecular formula is C9H13NO2S. The fraction of sp³-hybridized carbons (Fsp3) is 0.556. The zero-order chi connectivity index (χ0) is 10.0. The molecule has 72 valence electrons. The molecule has 3 nitrogen and oxygen atoms in total. The molecule has 0 atom stereocenters. The minimum atomic E-state index is -0.149. The van der Waals surface area contributed by atoms with Gasteiger partial charge in [0.2, 0.25) is 0 Å². The number of nitrogens with zero attached hydrogens (tertiary/aromatic N) is 1. The molecule has 0 saturated heterocycles. The highest BCUT2D eigenvalue weighted by molar-refractivity contribution is 7.80. The van der Waals surface area contributed by atoms with Gasteiger partial charge in [-0.25, -0.2) is 0 Å². The smallest absolute Gasteiger partial charge is 0.256 e. The highest BCUT2D eigenvalue weighted by Crippen LogP contribution is 2.19. The number of carbonyl (C=O) groups is 2. The maximum Gasteiger partial charge on any atom is 0.256 e. The van der Waals surface area contributed by atoms with Gasteiger partial charge in [-0.2, -0.15) is 12.6 Å². The minimum absolute atomic E-state index is 0.149. The van der Waals surface area contributed by atoms with Crippen LogP contribution in [0.4, 0.5) is 0 Å². The van der Waals surface area contributed by atoms with Gasteiger partial charge in [0.25, 0.3) is 11.8 Å². The Labute approximate surface area is 83.2 Å². The third kappa shape index (κ3) is 1.77. The number of hydrogen-bond acceptors (Lipinski definition) is 3. The van der Waals surface area contributed by atoms with Gasteiger partial charge in [0.15, 0.2) is 0 Å². The molecule has 0 radical (unpaired) electrons. The predicted molar refractivity (Wildman–Crippen MR) is 53.6 cm³/mol. The molecule has 0 aromatic rings. The molecule has 13 heavy (non-hydrogen) atoms. The maximum absolute atomic E-state index is 11.5. The number of hydrogen-bond donors (Lipinski definition) is 1. The van der Waals surface area contributed by atoms with Gasteiger partial charge in [0.1, 0.15) is 0 Å². The van der Waals surface area contributed by atoms with E-state index in [4.69, 9.17) is 0 Å². The van der Waals surface area contributed by atoms with E-state index in [2.05, 4.69) is 12.6 Å². The lowest BCUT2D eigenvalue weighted by Gasteiger charge is -2.13. The van der Waals surface area contributed by atoms with E-state index < -0.39 is 0 Å². The first kappa shape index (κ1) is 10.3. The lowest BCUT2D eigenvalue weighted by molar-refractivity contribution is -0.137. The van der Waals surface area contributed by atoms with Crippen molar-refractivity contribution < 1.29 is 9.59 Å². The summed E-state index contributed by atoms with van der Waals surface area (Å²) in [6, 6.07) is 0. The SMILES string of the molecule is CC1=C(C)C(=O)N(CCCS)C1=O. The summed E-state index contributed by atoms with van der Waals surface area (Å²) < 4.78 is 0. The normalized spacial score (nSPS) is 17.6. The first-order valence-electron chi connectivity index (χ1n) is 4.24. The van der Waals surface area contributed by atoms with Crippen molar-refractivity contribution in [3.05, 3.63) is 11.1 Å². The van der Waals surface area contributed by atoms with E-state index in [0.717, 1.165) is 6.42 Å². The van der Waals surface area contributed by atoms with Crippen LogP contribution in [0, 0.1) is 0 Å². The van der Waals surface area contributed by atoms with Crippen molar-refractivity contribution >= 4 is 24.4 Å². The number of rotatable bonds is 3. The summed E-state index contributed by atoms with van der Waals surface area (Å²) >= 11 is 4.03. The molecule has 0 N–H and O–H groups in total. The fourth-order valence-corrected chi connectivity index (χ4v) is 1.39. The monoisotopic (exact) mass is 199 g/mol. The molecule has 4 heteroatoms. The molecule has 0 aliphatic carbocycles. The number of thiol groups is 1. The molecule has 0 bridgehead atoms. The topological polar surface area (TPSA) is 37.4 Å². The zero-order valence-electron chi connectivity index (χ0n) is 7.83. The van der Waals surface area contributed by atoms with Gasteiger partial charge in [-0.1, -0.05) is 0 Å². The Morgan fingerprint density at radius 3 is 2.00 bits per heavy atom. The van der Waals surface area contributed by atoms with Crippen LogP contribution in [-0.4, -0.2) is 29.0 Å². The zero-order valence-corrected chi connectivity index (χ0v) is 8.73. The Bertz CT molecular complexity index is 259. The molecular weight excluding hydrogens is 186 g/mol. The summed E-state index contributed by atoms with van der Waals surface area (Å²) in [6.07, 6.45) is 0.751. The van der Waals surface area contributed by atoms with Crippen molar-refractivity contribution in [2.45, 2.75) is 20.3 Å². The number of carbonyl (C=O) groups excluding carboxylic acids is 2. The predicted octanol–water partition coefficient (Wildman–Crippen LogP) is 1.01. The molecule has 1 aliphatic heterocycles. The molecule has 0 aromatic carbocycles. The van der Waals surface area contributed by atoms with Crippen LogP contribution in [0.1, 0.15) is 20.3 Å². The molecule has 0 spiro atoms. The maximum atomic E-state index is 11.5. The van der Waals surface area contributed by atoms with Crippen molar-refractivity contribution in [3.63, 3.8) is 0 Å². The summed E-state index contributed by atoms with van der Waals surface area (Å²) in [5, 5.41) is 0. The second-order valence-corrected chi connectivity index (χ2v) is 3.54. The Balaban J connectivity index is 2.73. The van der Waals surface area contributed by atoms with E-state index in [1.54, 1.807) is 13.8 Å². The van der Waals surface area contributed by atoms with Crippen molar-refractivity contribution in [2.75, 3.05) is 12.3 Å². The van der Waals surface area contributed by atoms with Crippen LogP contribution < -0.4 is 0 Å². The van der Waals surface area contributed by atoms with E-state index in [-0.39, 0.29) is 11.8 Å². The molecule has 1 rings (SSSR count). The number of amides is 2. The molecule has 2 amide bonds. The second kappa shape index (κ2) is 3.96. The van der Waals surface area contributed by atoms with Crippen molar-refractivity contribution in [3.8, 4) is 0 Å².